The van der Waals surface area contributed by atoms with Gasteiger partial charge in [0.05, 0.1) is 28.7 Å². The van der Waals surface area contributed by atoms with Gasteiger partial charge in [-0.3, -0.25) is 14.2 Å². The van der Waals surface area contributed by atoms with Crippen LogP contribution in [0.5, 0.6) is 0 Å². The number of rotatable bonds is 4. The highest BCUT2D eigenvalue weighted by molar-refractivity contribution is 9.10. The molecule has 28 heavy (non-hydrogen) atoms. The van der Waals surface area contributed by atoms with E-state index in [9.17, 15) is 18.0 Å². The Hall–Kier alpha value is -1.74. The number of benzene rings is 1. The molecule has 1 amide bonds. The molecule has 2 aromatic rings. The molecule has 1 aliphatic carbocycles. The molecule has 0 unspecified atom stereocenters. The molecule has 0 bridgehead atoms. The van der Waals surface area contributed by atoms with Crippen LogP contribution in [0, 0.1) is 0 Å². The Labute approximate surface area is 171 Å². The maximum atomic E-state index is 13.2. The second-order valence-corrected chi connectivity index (χ2v) is 10.8. The molecule has 4 rings (SSSR count). The van der Waals surface area contributed by atoms with Gasteiger partial charge in [-0.05, 0) is 37.5 Å². The number of sulfone groups is 1. The van der Waals surface area contributed by atoms with Gasteiger partial charge in [0.25, 0.3) is 5.56 Å². The molecular formula is C19H22BrN3O4S. The number of halogens is 1. The number of aromatic nitrogens is 2. The third-order valence-corrected chi connectivity index (χ3v) is 7.94. The van der Waals surface area contributed by atoms with Crippen LogP contribution in [0.25, 0.3) is 10.9 Å². The molecule has 2 aliphatic rings. The van der Waals surface area contributed by atoms with E-state index in [1.54, 1.807) is 17.0 Å². The van der Waals surface area contributed by atoms with E-state index in [1.165, 1.54) is 10.9 Å². The number of amides is 1. The van der Waals surface area contributed by atoms with Gasteiger partial charge >= 0.3 is 0 Å². The van der Waals surface area contributed by atoms with Crippen LogP contribution in [0.2, 0.25) is 0 Å². The van der Waals surface area contributed by atoms with Crippen LogP contribution >= 0.6 is 15.9 Å². The molecule has 0 radical (unpaired) electrons. The molecule has 150 valence electrons. The van der Waals surface area contributed by atoms with Gasteiger partial charge < -0.3 is 4.90 Å². The van der Waals surface area contributed by atoms with Crippen LogP contribution in [-0.2, 0) is 21.2 Å². The Kier molecular flexibility index (Phi) is 5.30. The van der Waals surface area contributed by atoms with E-state index in [0.717, 1.165) is 30.2 Å². The Morgan fingerprint density at radius 2 is 1.96 bits per heavy atom. The maximum absolute atomic E-state index is 13.2. The van der Waals surface area contributed by atoms with E-state index in [1.807, 2.05) is 6.07 Å². The maximum Gasteiger partial charge on any atom is 0.261 e. The van der Waals surface area contributed by atoms with E-state index in [2.05, 4.69) is 20.9 Å². The van der Waals surface area contributed by atoms with Crippen molar-refractivity contribution in [1.29, 1.82) is 0 Å². The molecule has 9 heteroatoms. The van der Waals surface area contributed by atoms with Crippen molar-refractivity contribution in [2.24, 2.45) is 0 Å². The van der Waals surface area contributed by atoms with Crippen molar-refractivity contribution in [1.82, 2.24) is 14.5 Å². The predicted molar refractivity (Wildman–Crippen MR) is 110 cm³/mol. The summed E-state index contributed by atoms with van der Waals surface area (Å²) in [6.07, 6.45) is 5.73. The van der Waals surface area contributed by atoms with E-state index in [-0.39, 0.29) is 41.6 Å². The topological polar surface area (TPSA) is 89.3 Å². The summed E-state index contributed by atoms with van der Waals surface area (Å²) in [5, 5.41) is 0.445. The highest BCUT2D eigenvalue weighted by atomic mass is 79.9. The van der Waals surface area contributed by atoms with Gasteiger partial charge in [0.2, 0.25) is 5.91 Å². The zero-order valence-corrected chi connectivity index (χ0v) is 17.8. The molecule has 7 nitrogen and oxygen atoms in total. The Morgan fingerprint density at radius 1 is 1.21 bits per heavy atom. The number of hydrogen-bond donors (Lipinski definition) is 0. The van der Waals surface area contributed by atoms with Crippen molar-refractivity contribution >= 4 is 42.6 Å². The minimum absolute atomic E-state index is 0.0209. The number of fused-ring (bicyclic) bond motifs is 1. The minimum atomic E-state index is -3.10. The lowest BCUT2D eigenvalue weighted by Crippen LogP contribution is -2.49. The summed E-state index contributed by atoms with van der Waals surface area (Å²) < 4.78 is 26.0. The van der Waals surface area contributed by atoms with Crippen LogP contribution in [0.3, 0.4) is 0 Å². The van der Waals surface area contributed by atoms with Crippen LogP contribution in [0.4, 0.5) is 0 Å². The fourth-order valence-corrected chi connectivity index (χ4v) is 6.43. The van der Waals surface area contributed by atoms with Gasteiger partial charge in [-0.2, -0.15) is 0 Å². The zero-order chi connectivity index (χ0) is 19.9. The summed E-state index contributed by atoms with van der Waals surface area (Å²) in [6.45, 7) is -0.124. The summed E-state index contributed by atoms with van der Waals surface area (Å²) in [7, 11) is -3.10. The van der Waals surface area contributed by atoms with Crippen molar-refractivity contribution in [2.45, 2.75) is 50.7 Å². The van der Waals surface area contributed by atoms with Gasteiger partial charge in [0.15, 0.2) is 9.84 Å². The second-order valence-electron chi connectivity index (χ2n) is 7.64. The molecule has 1 aromatic carbocycles. The smallest absolute Gasteiger partial charge is 0.261 e. The van der Waals surface area contributed by atoms with E-state index in [4.69, 9.17) is 0 Å². The highest BCUT2D eigenvalue weighted by Crippen LogP contribution is 2.29. The largest absolute Gasteiger partial charge is 0.334 e. The lowest BCUT2D eigenvalue weighted by atomic mass is 10.1. The third-order valence-electron chi connectivity index (χ3n) is 5.70. The first-order valence-electron chi connectivity index (χ1n) is 9.50. The van der Waals surface area contributed by atoms with Crippen molar-refractivity contribution in [3.05, 3.63) is 39.4 Å². The molecular weight excluding hydrogens is 446 g/mol. The molecule has 1 saturated heterocycles. The average Bonchev–Trinajstić information content (AvgIpc) is 3.28. The summed E-state index contributed by atoms with van der Waals surface area (Å²) in [6, 6.07) is 5.03. The van der Waals surface area contributed by atoms with Gasteiger partial charge in [-0.1, -0.05) is 28.8 Å². The molecule has 1 aliphatic heterocycles. The molecule has 0 spiro atoms. The first kappa shape index (κ1) is 19.6. The van der Waals surface area contributed by atoms with Crippen LogP contribution < -0.4 is 5.56 Å². The van der Waals surface area contributed by atoms with Crippen LogP contribution in [0.15, 0.2) is 33.8 Å². The molecule has 0 N–H and O–H groups in total. The van der Waals surface area contributed by atoms with Gasteiger partial charge in [0, 0.05) is 16.6 Å². The summed E-state index contributed by atoms with van der Waals surface area (Å²) in [5.74, 6) is -0.0561. The Bertz CT molecular complexity index is 1080. The fraction of sp³-hybridized carbons (Fsp3) is 0.526. The predicted octanol–water partition coefficient (Wildman–Crippen LogP) is 2.12. The van der Waals surface area contributed by atoms with Crippen LogP contribution in [0.1, 0.15) is 32.1 Å². The highest BCUT2D eigenvalue weighted by Gasteiger charge is 2.39. The Balaban J connectivity index is 1.63. The van der Waals surface area contributed by atoms with E-state index < -0.39 is 9.84 Å². The second kappa shape index (κ2) is 7.59. The summed E-state index contributed by atoms with van der Waals surface area (Å²) in [4.78, 5) is 32.1. The first-order chi connectivity index (χ1) is 13.3. The number of nitrogens with zero attached hydrogens (tertiary/aromatic N) is 3. The molecule has 1 saturated carbocycles. The summed E-state index contributed by atoms with van der Waals surface area (Å²) in [5.41, 5.74) is 0.302. The molecule has 1 atom stereocenters. The Morgan fingerprint density at radius 3 is 2.64 bits per heavy atom. The van der Waals surface area contributed by atoms with Crippen molar-refractivity contribution in [2.75, 3.05) is 11.5 Å². The van der Waals surface area contributed by atoms with E-state index >= 15 is 0 Å². The molecule has 2 heterocycles. The van der Waals surface area contributed by atoms with E-state index in [0.29, 0.717) is 17.3 Å². The third kappa shape index (κ3) is 3.87. The lowest BCUT2D eigenvalue weighted by Gasteiger charge is -2.34. The van der Waals surface area contributed by atoms with Crippen molar-refractivity contribution < 1.29 is 13.2 Å². The zero-order valence-electron chi connectivity index (χ0n) is 15.4. The normalized spacial score (nSPS) is 22.0. The lowest BCUT2D eigenvalue weighted by molar-refractivity contribution is -0.136. The van der Waals surface area contributed by atoms with Crippen LogP contribution in [-0.4, -0.2) is 52.4 Å². The van der Waals surface area contributed by atoms with Crippen molar-refractivity contribution in [3.63, 3.8) is 0 Å². The minimum Gasteiger partial charge on any atom is -0.334 e. The standard InChI is InChI=1S/C19H22BrN3O4S/c20-13-5-6-17-16(9-13)19(25)22(12-21-17)10-18(24)23(14-3-1-2-4-14)15-7-8-28(26,27)11-15/h5-6,9,12,14-15H,1-4,7-8,10-11H2/t15-/m1/s1. The monoisotopic (exact) mass is 467 g/mol. The quantitative estimate of drug-likeness (QED) is 0.686. The van der Waals surface area contributed by atoms with Crippen molar-refractivity contribution in [3.8, 4) is 0 Å². The first-order valence-corrected chi connectivity index (χ1v) is 12.1. The fourth-order valence-electron chi connectivity index (χ4n) is 4.35. The SMILES string of the molecule is O=C(Cn1cnc2ccc(Br)cc2c1=O)N(C1CCCC1)[C@@H]1CCS(=O)(=O)C1. The number of carbonyl (C=O) groups excluding carboxylic acids is 1. The van der Waals surface area contributed by atoms with Gasteiger partial charge in [0.1, 0.15) is 6.54 Å². The number of carbonyl (C=O) groups is 1. The van der Waals surface area contributed by atoms with Gasteiger partial charge in [-0.15, -0.1) is 0 Å². The number of hydrogen-bond acceptors (Lipinski definition) is 5. The average molecular weight is 468 g/mol. The van der Waals surface area contributed by atoms with Gasteiger partial charge in [-0.25, -0.2) is 13.4 Å². The molecule has 2 fully saturated rings. The molecule has 1 aromatic heterocycles. The summed E-state index contributed by atoms with van der Waals surface area (Å²) >= 11 is 3.36.